The predicted molar refractivity (Wildman–Crippen MR) is 70.6 cm³/mol. The average molecular weight is 264 g/mol. The quantitative estimate of drug-likeness (QED) is 0.406. The maximum absolute atomic E-state index is 11.7. The molecule has 0 fully saturated rings. The van der Waals surface area contributed by atoms with Crippen LogP contribution in [0.15, 0.2) is 24.4 Å². The van der Waals surface area contributed by atoms with Crippen molar-refractivity contribution in [3.05, 3.63) is 30.1 Å². The minimum Gasteiger partial charge on any atom is -0.299 e. The Morgan fingerprint density at radius 3 is 2.47 bits per heavy atom. The minimum absolute atomic E-state index is 0.201. The molecular formula is C14H20N2O3. The van der Waals surface area contributed by atoms with Gasteiger partial charge < -0.3 is 0 Å². The van der Waals surface area contributed by atoms with E-state index >= 15 is 0 Å². The van der Waals surface area contributed by atoms with Crippen LogP contribution in [0.2, 0.25) is 0 Å². The minimum atomic E-state index is -0.355. The topological polar surface area (TPSA) is 79.3 Å². The maximum Gasteiger partial charge on any atom is 0.243 e. The molecule has 0 unspecified atom stereocenters. The van der Waals surface area contributed by atoms with E-state index in [1.807, 2.05) is 18.2 Å². The van der Waals surface area contributed by atoms with E-state index in [2.05, 4.69) is 4.98 Å². The number of ketones is 1. The molecular weight excluding hydrogens is 244 g/mol. The standard InChI is InChI=1S/C14H20N2O3/c17-13(11-12-7-5-6-10-15-12)8-3-1-2-4-9-14(18)16-19/h5-7,10,19H,1-4,8-9,11H2,(H,16,18). The summed E-state index contributed by atoms with van der Waals surface area (Å²) in [7, 11) is 0. The molecule has 1 amide bonds. The molecule has 0 atom stereocenters. The number of hydrogen-bond acceptors (Lipinski definition) is 4. The van der Waals surface area contributed by atoms with Crippen molar-refractivity contribution in [2.45, 2.75) is 44.9 Å². The van der Waals surface area contributed by atoms with Gasteiger partial charge >= 0.3 is 0 Å². The van der Waals surface area contributed by atoms with E-state index in [0.717, 1.165) is 31.4 Å². The molecule has 104 valence electrons. The first-order valence-corrected chi connectivity index (χ1v) is 6.57. The number of carbonyl (C=O) groups excluding carboxylic acids is 2. The molecule has 0 saturated heterocycles. The van der Waals surface area contributed by atoms with E-state index in [0.29, 0.717) is 19.3 Å². The molecule has 1 aromatic rings. The van der Waals surface area contributed by atoms with Crippen molar-refractivity contribution in [3.8, 4) is 0 Å². The predicted octanol–water partition coefficient (Wildman–Crippen LogP) is 2.04. The lowest BCUT2D eigenvalue weighted by Crippen LogP contribution is -2.17. The van der Waals surface area contributed by atoms with Crippen molar-refractivity contribution in [1.29, 1.82) is 0 Å². The summed E-state index contributed by atoms with van der Waals surface area (Å²) in [5, 5.41) is 8.30. The van der Waals surface area contributed by atoms with Crippen LogP contribution in [-0.4, -0.2) is 21.9 Å². The van der Waals surface area contributed by atoms with Crippen LogP contribution in [0, 0.1) is 0 Å². The molecule has 1 heterocycles. The molecule has 0 saturated carbocycles. The van der Waals surface area contributed by atoms with E-state index in [-0.39, 0.29) is 11.7 Å². The number of unbranched alkanes of at least 4 members (excludes halogenated alkanes) is 3. The Morgan fingerprint density at radius 2 is 1.84 bits per heavy atom. The lowest BCUT2D eigenvalue weighted by Gasteiger charge is -2.01. The van der Waals surface area contributed by atoms with Crippen molar-refractivity contribution < 1.29 is 14.8 Å². The van der Waals surface area contributed by atoms with E-state index in [1.165, 1.54) is 0 Å². The SMILES string of the molecule is O=C(CCCCCCC(=O)NO)Cc1ccccn1. The Kier molecular flexibility index (Phi) is 7.43. The molecule has 19 heavy (non-hydrogen) atoms. The third kappa shape index (κ3) is 7.31. The summed E-state index contributed by atoms with van der Waals surface area (Å²) in [5.74, 6) is -0.155. The third-order valence-corrected chi connectivity index (χ3v) is 2.84. The van der Waals surface area contributed by atoms with Gasteiger partial charge in [0.15, 0.2) is 0 Å². The second-order valence-corrected chi connectivity index (χ2v) is 4.49. The number of pyridine rings is 1. The van der Waals surface area contributed by atoms with Gasteiger partial charge in [-0.3, -0.25) is 19.8 Å². The molecule has 1 rings (SSSR count). The van der Waals surface area contributed by atoms with E-state index in [4.69, 9.17) is 5.21 Å². The number of carbonyl (C=O) groups is 2. The van der Waals surface area contributed by atoms with Crippen LogP contribution in [0.4, 0.5) is 0 Å². The largest absolute Gasteiger partial charge is 0.299 e. The first-order chi connectivity index (χ1) is 9.22. The highest BCUT2D eigenvalue weighted by Crippen LogP contribution is 2.07. The van der Waals surface area contributed by atoms with Gasteiger partial charge in [0.1, 0.15) is 5.78 Å². The number of nitrogens with one attached hydrogen (secondary N) is 1. The van der Waals surface area contributed by atoms with Gasteiger partial charge in [-0.25, -0.2) is 5.48 Å². The van der Waals surface area contributed by atoms with Crippen LogP contribution in [-0.2, 0) is 16.0 Å². The van der Waals surface area contributed by atoms with Crippen LogP contribution < -0.4 is 5.48 Å². The second-order valence-electron chi connectivity index (χ2n) is 4.49. The lowest BCUT2D eigenvalue weighted by atomic mass is 10.1. The van der Waals surface area contributed by atoms with Gasteiger partial charge in [-0.2, -0.15) is 0 Å². The van der Waals surface area contributed by atoms with Crippen LogP contribution in [0.5, 0.6) is 0 Å². The number of hydroxylamine groups is 1. The van der Waals surface area contributed by atoms with Crippen molar-refractivity contribution in [3.63, 3.8) is 0 Å². The summed E-state index contributed by atoms with van der Waals surface area (Å²) >= 11 is 0. The van der Waals surface area contributed by atoms with Crippen molar-refractivity contribution >= 4 is 11.7 Å². The molecule has 5 nitrogen and oxygen atoms in total. The van der Waals surface area contributed by atoms with Crippen LogP contribution in [0.3, 0.4) is 0 Å². The van der Waals surface area contributed by atoms with Gasteiger partial charge in [0.25, 0.3) is 0 Å². The molecule has 0 aliphatic heterocycles. The highest BCUT2D eigenvalue weighted by Gasteiger charge is 2.04. The Balaban J connectivity index is 2.03. The van der Waals surface area contributed by atoms with E-state index in [9.17, 15) is 9.59 Å². The average Bonchev–Trinajstić information content (AvgIpc) is 2.43. The molecule has 0 aromatic carbocycles. The summed E-state index contributed by atoms with van der Waals surface area (Å²) in [6, 6.07) is 5.56. The Labute approximate surface area is 113 Å². The van der Waals surface area contributed by atoms with Gasteiger partial charge in [-0.05, 0) is 25.0 Å². The first-order valence-electron chi connectivity index (χ1n) is 6.57. The van der Waals surface area contributed by atoms with Gasteiger partial charge in [0, 0.05) is 31.2 Å². The zero-order valence-corrected chi connectivity index (χ0v) is 11.0. The summed E-state index contributed by atoms with van der Waals surface area (Å²) in [4.78, 5) is 26.5. The fourth-order valence-electron chi connectivity index (χ4n) is 1.81. The van der Waals surface area contributed by atoms with Crippen molar-refractivity contribution in [1.82, 2.24) is 10.5 Å². The highest BCUT2D eigenvalue weighted by molar-refractivity contribution is 5.80. The summed E-state index contributed by atoms with van der Waals surface area (Å²) in [5.41, 5.74) is 2.41. The normalized spacial score (nSPS) is 10.2. The van der Waals surface area contributed by atoms with E-state index in [1.54, 1.807) is 11.7 Å². The molecule has 0 spiro atoms. The zero-order valence-electron chi connectivity index (χ0n) is 11.0. The Bertz CT molecular complexity index is 393. The Morgan fingerprint density at radius 1 is 1.11 bits per heavy atom. The molecule has 0 radical (unpaired) electrons. The third-order valence-electron chi connectivity index (χ3n) is 2.84. The molecule has 0 bridgehead atoms. The van der Waals surface area contributed by atoms with Crippen molar-refractivity contribution in [2.75, 3.05) is 0 Å². The number of hydrogen-bond donors (Lipinski definition) is 2. The lowest BCUT2D eigenvalue weighted by molar-refractivity contribution is -0.129. The number of Topliss-reactive ketones (excluding diaryl/α,β-unsaturated/α-hetero) is 1. The molecule has 5 heteroatoms. The number of rotatable bonds is 9. The Hall–Kier alpha value is -1.75. The fraction of sp³-hybridized carbons (Fsp3) is 0.500. The van der Waals surface area contributed by atoms with Gasteiger partial charge in [0.2, 0.25) is 5.91 Å². The summed E-state index contributed by atoms with van der Waals surface area (Å²) in [6.07, 6.45) is 6.37. The number of amides is 1. The van der Waals surface area contributed by atoms with Crippen molar-refractivity contribution in [2.24, 2.45) is 0 Å². The van der Waals surface area contributed by atoms with Gasteiger partial charge in [0.05, 0.1) is 0 Å². The van der Waals surface area contributed by atoms with Crippen LogP contribution in [0.25, 0.3) is 0 Å². The number of nitrogens with zero attached hydrogens (tertiary/aromatic N) is 1. The zero-order chi connectivity index (χ0) is 13.9. The summed E-state index contributed by atoms with van der Waals surface area (Å²) in [6.45, 7) is 0. The van der Waals surface area contributed by atoms with Gasteiger partial charge in [-0.1, -0.05) is 18.9 Å². The first kappa shape index (κ1) is 15.3. The summed E-state index contributed by atoms with van der Waals surface area (Å²) < 4.78 is 0. The molecule has 2 N–H and O–H groups in total. The van der Waals surface area contributed by atoms with E-state index < -0.39 is 0 Å². The molecule has 0 aliphatic rings. The monoisotopic (exact) mass is 264 g/mol. The van der Waals surface area contributed by atoms with Crippen LogP contribution >= 0.6 is 0 Å². The molecule has 0 aliphatic carbocycles. The fourth-order valence-corrected chi connectivity index (χ4v) is 1.81. The second kappa shape index (κ2) is 9.22. The van der Waals surface area contributed by atoms with Crippen LogP contribution in [0.1, 0.15) is 44.2 Å². The highest BCUT2D eigenvalue weighted by atomic mass is 16.5. The maximum atomic E-state index is 11.7. The van der Waals surface area contributed by atoms with Gasteiger partial charge in [-0.15, -0.1) is 0 Å². The molecule has 1 aromatic heterocycles. The smallest absolute Gasteiger partial charge is 0.243 e. The number of aromatic nitrogens is 1.